The molecule has 26 heavy (non-hydrogen) atoms. The molecule has 0 fully saturated rings. The summed E-state index contributed by atoms with van der Waals surface area (Å²) in [6.07, 6.45) is 0. The summed E-state index contributed by atoms with van der Waals surface area (Å²) < 4.78 is 5.25. The van der Waals surface area contributed by atoms with Gasteiger partial charge < -0.3 is 14.7 Å². The van der Waals surface area contributed by atoms with E-state index in [1.807, 2.05) is 43.4 Å². The van der Waals surface area contributed by atoms with Gasteiger partial charge in [0.15, 0.2) is 0 Å². The van der Waals surface area contributed by atoms with Crippen LogP contribution in [-0.4, -0.2) is 35.8 Å². The fourth-order valence-electron chi connectivity index (χ4n) is 2.66. The molecule has 0 heterocycles. The minimum Gasteiger partial charge on any atom is -0.508 e. The van der Waals surface area contributed by atoms with Crippen LogP contribution in [0.5, 0.6) is 11.5 Å². The molecule has 0 aliphatic carbocycles. The van der Waals surface area contributed by atoms with E-state index in [2.05, 4.69) is 12.1 Å². The van der Waals surface area contributed by atoms with Gasteiger partial charge in [0.2, 0.25) is 5.91 Å². The smallest absolute Gasteiger partial charge is 0.232 e. The Kier molecular flexibility index (Phi) is 5.68. The van der Waals surface area contributed by atoms with Crippen LogP contribution in [0.3, 0.4) is 0 Å². The molecule has 1 amide bonds. The van der Waals surface area contributed by atoms with Crippen molar-refractivity contribution in [3.63, 3.8) is 0 Å². The molecule has 0 atom stereocenters. The number of ether oxygens (including phenoxy) is 1. The van der Waals surface area contributed by atoms with E-state index in [-0.39, 0.29) is 11.7 Å². The van der Waals surface area contributed by atoms with Crippen molar-refractivity contribution in [1.29, 1.82) is 0 Å². The summed E-state index contributed by atoms with van der Waals surface area (Å²) in [5.74, 6) is 1.50. The Hall–Kier alpha value is -2.66. The van der Waals surface area contributed by atoms with E-state index in [0.29, 0.717) is 12.3 Å². The maximum Gasteiger partial charge on any atom is 0.232 e. The first-order valence-corrected chi connectivity index (χ1v) is 9.26. The minimum absolute atomic E-state index is 0.0675. The molecule has 134 valence electrons. The molecule has 3 aromatic rings. The standard InChI is InChI=1S/C21H21NO3S/c1-22(21(24)14-26-20-9-6-18(23)7-10-20)13-15-3-4-17-12-19(25-2)8-5-16(17)11-15/h3-12,23H,13-14H2,1-2H3. The molecule has 0 aliphatic rings. The lowest BCUT2D eigenvalue weighted by Crippen LogP contribution is -2.27. The zero-order chi connectivity index (χ0) is 18.5. The number of aromatic hydroxyl groups is 1. The van der Waals surface area contributed by atoms with Crippen molar-refractivity contribution in [1.82, 2.24) is 4.90 Å². The molecular formula is C21H21NO3S. The highest BCUT2D eigenvalue weighted by Gasteiger charge is 2.10. The normalized spacial score (nSPS) is 10.7. The second-order valence-corrected chi connectivity index (χ2v) is 7.13. The van der Waals surface area contributed by atoms with Gasteiger partial charge in [0.05, 0.1) is 12.9 Å². The number of phenols is 1. The number of hydrogen-bond acceptors (Lipinski definition) is 4. The zero-order valence-electron chi connectivity index (χ0n) is 14.8. The monoisotopic (exact) mass is 367 g/mol. The number of phenolic OH excluding ortho intramolecular Hbond substituents is 1. The van der Waals surface area contributed by atoms with Crippen LogP contribution >= 0.6 is 11.8 Å². The summed E-state index contributed by atoms with van der Waals surface area (Å²) in [7, 11) is 3.48. The van der Waals surface area contributed by atoms with E-state index >= 15 is 0 Å². The van der Waals surface area contributed by atoms with Crippen LogP contribution in [0.4, 0.5) is 0 Å². The van der Waals surface area contributed by atoms with E-state index < -0.39 is 0 Å². The van der Waals surface area contributed by atoms with Gasteiger partial charge >= 0.3 is 0 Å². The summed E-state index contributed by atoms with van der Waals surface area (Å²) in [6.45, 7) is 0.566. The van der Waals surface area contributed by atoms with Gasteiger partial charge in [-0.15, -0.1) is 11.8 Å². The summed E-state index contributed by atoms with van der Waals surface area (Å²) >= 11 is 1.47. The van der Waals surface area contributed by atoms with Crippen molar-refractivity contribution in [3.8, 4) is 11.5 Å². The molecule has 3 rings (SSSR count). The van der Waals surface area contributed by atoms with E-state index in [0.717, 1.165) is 27.0 Å². The highest BCUT2D eigenvalue weighted by Crippen LogP contribution is 2.23. The van der Waals surface area contributed by atoms with Crippen LogP contribution in [-0.2, 0) is 11.3 Å². The van der Waals surface area contributed by atoms with Gasteiger partial charge in [-0.2, -0.15) is 0 Å². The highest BCUT2D eigenvalue weighted by molar-refractivity contribution is 8.00. The fourth-order valence-corrected chi connectivity index (χ4v) is 3.50. The molecule has 0 bridgehead atoms. The van der Waals surface area contributed by atoms with Crippen LogP contribution in [0.1, 0.15) is 5.56 Å². The van der Waals surface area contributed by atoms with Gasteiger partial charge in [-0.1, -0.05) is 18.2 Å². The Morgan fingerprint density at radius 1 is 1.04 bits per heavy atom. The summed E-state index contributed by atoms with van der Waals surface area (Å²) in [6, 6.07) is 19.0. The first-order chi connectivity index (χ1) is 12.5. The Balaban J connectivity index is 1.61. The molecule has 0 spiro atoms. The molecule has 1 N–H and O–H groups in total. The molecule has 5 heteroatoms. The number of nitrogens with zero attached hydrogens (tertiary/aromatic N) is 1. The van der Waals surface area contributed by atoms with E-state index in [9.17, 15) is 9.90 Å². The van der Waals surface area contributed by atoms with Gasteiger partial charge in [0.1, 0.15) is 11.5 Å². The topological polar surface area (TPSA) is 49.8 Å². The summed E-state index contributed by atoms with van der Waals surface area (Å²) in [5, 5.41) is 11.5. The van der Waals surface area contributed by atoms with Crippen LogP contribution in [0, 0.1) is 0 Å². The van der Waals surface area contributed by atoms with Gasteiger partial charge in [-0.25, -0.2) is 0 Å². The predicted octanol–water partition coefficient (Wildman–Crippen LogP) is 4.30. The van der Waals surface area contributed by atoms with Crippen LogP contribution < -0.4 is 4.74 Å². The minimum atomic E-state index is 0.0675. The van der Waals surface area contributed by atoms with Gasteiger partial charge in [-0.05, 0) is 58.8 Å². The number of carbonyl (C=O) groups excluding carboxylic acids is 1. The highest BCUT2D eigenvalue weighted by atomic mass is 32.2. The maximum atomic E-state index is 12.4. The van der Waals surface area contributed by atoms with Crippen molar-refractivity contribution in [3.05, 3.63) is 66.2 Å². The van der Waals surface area contributed by atoms with E-state index in [1.165, 1.54) is 11.8 Å². The maximum absolute atomic E-state index is 12.4. The van der Waals surface area contributed by atoms with Gasteiger partial charge in [0, 0.05) is 18.5 Å². The quantitative estimate of drug-likeness (QED) is 0.660. The molecule has 3 aromatic carbocycles. The van der Waals surface area contributed by atoms with Gasteiger partial charge in [0.25, 0.3) is 0 Å². The molecule has 0 saturated carbocycles. The molecule has 0 aromatic heterocycles. The first kappa shape index (κ1) is 18.1. The number of benzene rings is 3. The summed E-state index contributed by atoms with van der Waals surface area (Å²) in [4.78, 5) is 15.1. The lowest BCUT2D eigenvalue weighted by atomic mass is 10.1. The number of rotatable bonds is 6. The largest absolute Gasteiger partial charge is 0.508 e. The third kappa shape index (κ3) is 4.49. The summed E-state index contributed by atoms with van der Waals surface area (Å²) in [5.41, 5.74) is 1.09. The Morgan fingerprint density at radius 3 is 2.46 bits per heavy atom. The molecule has 0 aliphatic heterocycles. The lowest BCUT2D eigenvalue weighted by Gasteiger charge is -2.17. The molecular weight excluding hydrogens is 346 g/mol. The fraction of sp³-hybridized carbons (Fsp3) is 0.190. The Labute approximate surface area is 157 Å². The predicted molar refractivity (Wildman–Crippen MR) is 106 cm³/mol. The number of hydrogen-bond donors (Lipinski definition) is 1. The molecule has 0 unspecified atom stereocenters. The van der Waals surface area contributed by atoms with Crippen LogP contribution in [0.2, 0.25) is 0 Å². The zero-order valence-corrected chi connectivity index (χ0v) is 15.6. The van der Waals surface area contributed by atoms with Crippen molar-refractivity contribution in [2.45, 2.75) is 11.4 Å². The van der Waals surface area contributed by atoms with Crippen LogP contribution in [0.15, 0.2) is 65.6 Å². The van der Waals surface area contributed by atoms with Crippen molar-refractivity contribution < 1.29 is 14.6 Å². The average Bonchev–Trinajstić information content (AvgIpc) is 2.66. The van der Waals surface area contributed by atoms with E-state index in [1.54, 1.807) is 24.1 Å². The Bertz CT molecular complexity index is 909. The number of thioether (sulfide) groups is 1. The third-order valence-electron chi connectivity index (χ3n) is 4.16. The van der Waals surface area contributed by atoms with Crippen molar-refractivity contribution >= 4 is 28.4 Å². The number of carbonyl (C=O) groups is 1. The number of methoxy groups -OCH3 is 1. The van der Waals surface area contributed by atoms with Crippen LogP contribution in [0.25, 0.3) is 10.8 Å². The first-order valence-electron chi connectivity index (χ1n) is 8.27. The molecule has 4 nitrogen and oxygen atoms in total. The van der Waals surface area contributed by atoms with Crippen molar-refractivity contribution in [2.24, 2.45) is 0 Å². The average molecular weight is 367 g/mol. The molecule has 0 radical (unpaired) electrons. The number of amides is 1. The number of fused-ring (bicyclic) bond motifs is 1. The Morgan fingerprint density at radius 2 is 1.73 bits per heavy atom. The van der Waals surface area contributed by atoms with E-state index in [4.69, 9.17) is 4.74 Å². The SMILES string of the molecule is COc1ccc2cc(CN(C)C(=O)CSc3ccc(O)cc3)ccc2c1. The second kappa shape index (κ2) is 8.15. The molecule has 0 saturated heterocycles. The lowest BCUT2D eigenvalue weighted by molar-refractivity contribution is -0.127. The third-order valence-corrected chi connectivity index (χ3v) is 5.15. The van der Waals surface area contributed by atoms with Crippen molar-refractivity contribution in [2.75, 3.05) is 19.9 Å². The second-order valence-electron chi connectivity index (χ2n) is 6.08. The van der Waals surface area contributed by atoms with Gasteiger partial charge in [-0.3, -0.25) is 4.79 Å².